The Hall–Kier alpha value is -3.99. The summed E-state index contributed by atoms with van der Waals surface area (Å²) in [5, 5.41) is 3.37. The summed E-state index contributed by atoms with van der Waals surface area (Å²) >= 11 is -2.60. The van der Waals surface area contributed by atoms with Gasteiger partial charge in [-0.05, 0) is 24.1 Å². The number of hydrogen-bond donors (Lipinski definition) is 3. The molecule has 2 atom stereocenters. The highest BCUT2D eigenvalue weighted by molar-refractivity contribution is 7.80. The van der Waals surface area contributed by atoms with E-state index in [4.69, 9.17) is 0 Å². The zero-order valence-corrected chi connectivity index (χ0v) is 20.7. The lowest BCUT2D eigenvalue weighted by Crippen LogP contribution is -2.54. The van der Waals surface area contributed by atoms with Crippen LogP contribution in [0.2, 0.25) is 0 Å². The molecule has 1 aromatic heterocycles. The van der Waals surface area contributed by atoms with Gasteiger partial charge in [-0.3, -0.25) is 13.6 Å². The summed E-state index contributed by atoms with van der Waals surface area (Å²) in [6, 6.07) is 25.6. The highest BCUT2D eigenvalue weighted by Crippen LogP contribution is 2.29. The van der Waals surface area contributed by atoms with Crippen molar-refractivity contribution in [3.63, 3.8) is 0 Å². The van der Waals surface area contributed by atoms with E-state index in [2.05, 4.69) is 15.0 Å². The van der Waals surface area contributed by atoms with Crippen LogP contribution in [-0.2, 0) is 17.7 Å². The van der Waals surface area contributed by atoms with Gasteiger partial charge in [0.15, 0.2) is 0 Å². The van der Waals surface area contributed by atoms with Gasteiger partial charge in [0, 0.05) is 42.5 Å². The summed E-state index contributed by atoms with van der Waals surface area (Å²) in [5.41, 5.74) is 2.30. The maximum absolute atomic E-state index is 14.1. The van der Waals surface area contributed by atoms with E-state index in [-0.39, 0.29) is 23.3 Å². The van der Waals surface area contributed by atoms with Gasteiger partial charge in [-0.25, -0.2) is 4.79 Å². The third kappa shape index (κ3) is 5.26. The number of piperazine rings is 1. The number of para-hydroxylation sites is 2. The molecule has 3 aromatic carbocycles. The Morgan fingerprint density at radius 1 is 1.00 bits per heavy atom. The summed E-state index contributed by atoms with van der Waals surface area (Å²) in [6.07, 6.45) is 0.674. The maximum Gasteiger partial charge on any atom is 0.331 e. The Labute approximate surface area is 216 Å². The molecule has 2 heterocycles. The topological polar surface area (TPSA) is 122 Å². The van der Waals surface area contributed by atoms with Crippen molar-refractivity contribution in [1.29, 1.82) is 0 Å². The molecule has 1 unspecified atom stereocenters. The van der Waals surface area contributed by atoms with Crippen LogP contribution in [0.1, 0.15) is 16.1 Å². The number of anilines is 1. The number of nitrogens with zero attached hydrogens (tertiary/aromatic N) is 2. The average molecular weight is 517 g/mol. The first kappa shape index (κ1) is 24.7. The van der Waals surface area contributed by atoms with Crippen molar-refractivity contribution in [2.75, 3.05) is 24.4 Å². The lowest BCUT2D eigenvalue weighted by Gasteiger charge is -2.36. The molecule has 4 aromatic rings. The Morgan fingerprint density at radius 3 is 2.41 bits per heavy atom. The summed E-state index contributed by atoms with van der Waals surface area (Å²) in [6.45, 7) is 1.77. The SMILES string of the molecule is O=C(c1[nH]c(=O)n(-c2ccccc2NS(=O)[O-])c1-c1ccccc1)N1CCNC[C@H]1Cc1ccccc1. The second-order valence-corrected chi connectivity index (χ2v) is 9.43. The van der Waals surface area contributed by atoms with Gasteiger partial charge < -0.3 is 24.5 Å². The Balaban J connectivity index is 1.62. The summed E-state index contributed by atoms with van der Waals surface area (Å²) in [5.74, 6) is -0.282. The maximum atomic E-state index is 14.1. The van der Waals surface area contributed by atoms with Crippen molar-refractivity contribution in [2.45, 2.75) is 12.5 Å². The lowest BCUT2D eigenvalue weighted by atomic mass is 10.0. The number of carbonyl (C=O) groups excluding carboxylic acids is 1. The van der Waals surface area contributed by atoms with E-state index in [0.717, 1.165) is 5.56 Å². The zero-order chi connectivity index (χ0) is 25.8. The van der Waals surface area contributed by atoms with E-state index < -0.39 is 17.0 Å². The van der Waals surface area contributed by atoms with Crippen molar-refractivity contribution in [1.82, 2.24) is 19.8 Å². The molecule has 1 fully saturated rings. The Morgan fingerprint density at radius 2 is 1.68 bits per heavy atom. The van der Waals surface area contributed by atoms with Crippen LogP contribution in [0, 0.1) is 0 Å². The van der Waals surface area contributed by atoms with Crippen LogP contribution >= 0.6 is 0 Å². The summed E-state index contributed by atoms with van der Waals surface area (Å²) < 4.78 is 26.6. The Kier molecular flexibility index (Phi) is 7.31. The molecule has 10 heteroatoms. The number of carbonyl (C=O) groups is 1. The molecule has 5 rings (SSSR count). The van der Waals surface area contributed by atoms with Gasteiger partial charge in [-0.15, -0.1) is 0 Å². The molecule has 0 bridgehead atoms. The molecule has 0 radical (unpaired) electrons. The number of aromatic amines is 1. The average Bonchev–Trinajstić information content (AvgIpc) is 3.26. The first-order chi connectivity index (χ1) is 18.0. The predicted octanol–water partition coefficient (Wildman–Crippen LogP) is 2.70. The number of imidazole rings is 1. The monoisotopic (exact) mass is 516 g/mol. The lowest BCUT2D eigenvalue weighted by molar-refractivity contribution is 0.0631. The van der Waals surface area contributed by atoms with Gasteiger partial charge in [0.25, 0.3) is 5.91 Å². The van der Waals surface area contributed by atoms with Crippen molar-refractivity contribution in [2.24, 2.45) is 0 Å². The van der Waals surface area contributed by atoms with Crippen LogP contribution in [0.25, 0.3) is 16.9 Å². The Bertz CT molecular complexity index is 1470. The molecular formula is C27H26N5O4S-. The molecule has 1 aliphatic rings. The fraction of sp³-hybridized carbons (Fsp3) is 0.185. The third-order valence-electron chi connectivity index (χ3n) is 6.42. The molecule has 1 aliphatic heterocycles. The number of benzene rings is 3. The largest absolute Gasteiger partial charge is 0.755 e. The molecule has 190 valence electrons. The van der Waals surface area contributed by atoms with E-state index in [1.807, 2.05) is 65.6 Å². The van der Waals surface area contributed by atoms with E-state index >= 15 is 0 Å². The van der Waals surface area contributed by atoms with Crippen LogP contribution in [0.3, 0.4) is 0 Å². The number of amides is 1. The van der Waals surface area contributed by atoms with Gasteiger partial charge in [0.05, 0.1) is 17.1 Å². The first-order valence-electron chi connectivity index (χ1n) is 11.9. The number of nitrogens with one attached hydrogen (secondary N) is 3. The molecule has 9 nitrogen and oxygen atoms in total. The fourth-order valence-corrected chi connectivity index (χ4v) is 5.13. The fourth-order valence-electron chi connectivity index (χ4n) is 4.77. The van der Waals surface area contributed by atoms with Crippen molar-refractivity contribution >= 4 is 22.9 Å². The van der Waals surface area contributed by atoms with Crippen molar-refractivity contribution < 1.29 is 13.6 Å². The second-order valence-electron chi connectivity index (χ2n) is 8.76. The number of aromatic nitrogens is 2. The quantitative estimate of drug-likeness (QED) is 0.326. The van der Waals surface area contributed by atoms with Gasteiger partial charge >= 0.3 is 5.69 Å². The van der Waals surface area contributed by atoms with Gasteiger partial charge in [-0.1, -0.05) is 72.8 Å². The van der Waals surface area contributed by atoms with Crippen LogP contribution < -0.4 is 15.7 Å². The smallest absolute Gasteiger partial charge is 0.331 e. The minimum atomic E-state index is -2.60. The number of H-pyrrole nitrogens is 1. The molecule has 37 heavy (non-hydrogen) atoms. The second kappa shape index (κ2) is 11.0. The number of rotatable bonds is 7. The van der Waals surface area contributed by atoms with Crippen LogP contribution in [0.4, 0.5) is 5.69 Å². The van der Waals surface area contributed by atoms with Gasteiger partial charge in [0.1, 0.15) is 5.69 Å². The number of hydrogen-bond acceptors (Lipinski definition) is 5. The van der Waals surface area contributed by atoms with Crippen LogP contribution in [0.15, 0.2) is 89.7 Å². The highest BCUT2D eigenvalue weighted by atomic mass is 32.2. The van der Waals surface area contributed by atoms with Gasteiger partial charge in [0.2, 0.25) is 0 Å². The van der Waals surface area contributed by atoms with Gasteiger partial charge in [-0.2, -0.15) is 0 Å². The summed E-state index contributed by atoms with van der Waals surface area (Å²) in [4.78, 5) is 32.0. The van der Waals surface area contributed by atoms with E-state index in [1.54, 1.807) is 24.3 Å². The first-order valence-corrected chi connectivity index (χ1v) is 13.0. The van der Waals surface area contributed by atoms with E-state index in [1.165, 1.54) is 4.57 Å². The minimum Gasteiger partial charge on any atom is -0.755 e. The molecule has 3 N–H and O–H groups in total. The predicted molar refractivity (Wildman–Crippen MR) is 142 cm³/mol. The molecular weight excluding hydrogens is 490 g/mol. The standard InChI is InChI=1S/C27H27N5O4S/c33-26(31-16-15-28-18-21(31)17-19-9-3-1-4-10-19)24-25(20-11-5-2-6-12-20)32(27(34)29-24)23-14-8-7-13-22(23)30-37(35)36/h1-14,21,28,30H,15-18H2,(H,29,34)(H,35,36)/p-1/t21-/m1/s1. The molecule has 1 amide bonds. The normalized spacial score (nSPS) is 16.4. The van der Waals surface area contributed by atoms with E-state index in [9.17, 15) is 18.4 Å². The highest BCUT2D eigenvalue weighted by Gasteiger charge is 2.32. The van der Waals surface area contributed by atoms with E-state index in [0.29, 0.717) is 43.0 Å². The van der Waals surface area contributed by atoms with Crippen LogP contribution in [0.5, 0.6) is 0 Å². The van der Waals surface area contributed by atoms with Crippen LogP contribution in [-0.4, -0.2) is 54.8 Å². The molecule has 0 spiro atoms. The zero-order valence-electron chi connectivity index (χ0n) is 19.9. The summed E-state index contributed by atoms with van der Waals surface area (Å²) in [7, 11) is 0. The molecule has 1 saturated heterocycles. The van der Waals surface area contributed by atoms with Crippen molar-refractivity contribution in [3.8, 4) is 16.9 Å². The minimum absolute atomic E-state index is 0.101. The molecule has 0 aliphatic carbocycles. The third-order valence-corrected chi connectivity index (χ3v) is 6.81. The molecule has 0 saturated carbocycles. The van der Waals surface area contributed by atoms with Crippen molar-refractivity contribution in [3.05, 3.63) is 107 Å².